The fourth-order valence-corrected chi connectivity index (χ4v) is 8.88. The molecule has 0 aliphatic heterocycles. The molecule has 2 N–H and O–H groups in total. The van der Waals surface area contributed by atoms with Gasteiger partial charge < -0.3 is 18.9 Å². The Morgan fingerprint density at radius 1 is 0.472 bits per heavy atom. The van der Waals surface area contributed by atoms with Crippen LogP contribution >= 0.6 is 55.1 Å². The average Bonchev–Trinajstić information content (AvgIpc) is 3.85. The molecule has 1 aliphatic carbocycles. The Morgan fingerprint density at radius 2 is 1.00 bits per heavy atom. The van der Waals surface area contributed by atoms with Crippen LogP contribution in [-0.2, 0) is 0 Å². The maximum Gasteiger partial charge on any atom is 0.489 e. The van der Waals surface area contributed by atoms with Crippen LogP contribution in [0.1, 0.15) is 0 Å². The maximum atomic E-state index is 9.08. The number of furan rings is 2. The van der Waals surface area contributed by atoms with Crippen LogP contribution < -0.4 is 5.46 Å². The standard InChI is InChI=1S/C22H11ClO.C12H5Br2ClO.C10H9BO2/c23-22-20-15-9-4-6-12-5-3-8-13(19(12)15)16(20)11-18-21(22)14-7-1-2-10-17(14)24-18;13-7-5-9-10(12(15)11(7)14)6-3-1-2-4-8(6)16-9;12-11(13)10-7-3-5-8-4-1-2-6-9(8)10/h1-11H;1-5H;1-7,12-13H. The summed E-state index contributed by atoms with van der Waals surface area (Å²) >= 11 is 20.1. The Labute approximate surface area is 330 Å². The molecule has 1 aliphatic rings. The number of hydrogen-bond acceptors (Lipinski definition) is 4. The Bertz CT molecular complexity index is 3050. The average molecular weight is 859 g/mol. The molecule has 0 atom stereocenters. The first-order valence-corrected chi connectivity index (χ1v) is 19.1. The van der Waals surface area contributed by atoms with Crippen LogP contribution in [0.2, 0.25) is 10.0 Å². The van der Waals surface area contributed by atoms with Crippen molar-refractivity contribution < 1.29 is 18.9 Å². The monoisotopic (exact) mass is 856 g/mol. The molecule has 2 heterocycles. The summed E-state index contributed by atoms with van der Waals surface area (Å²) < 4.78 is 13.6. The topological polar surface area (TPSA) is 66.7 Å². The molecule has 256 valence electrons. The molecule has 11 rings (SSSR count). The minimum Gasteiger partial charge on any atom is -0.456 e. The molecule has 0 saturated carbocycles. The summed E-state index contributed by atoms with van der Waals surface area (Å²) in [6.45, 7) is 0. The fourth-order valence-electron chi connectivity index (χ4n) is 7.35. The second kappa shape index (κ2) is 13.7. The van der Waals surface area contributed by atoms with Crippen molar-refractivity contribution in [1.82, 2.24) is 0 Å². The highest BCUT2D eigenvalue weighted by Gasteiger charge is 2.27. The largest absolute Gasteiger partial charge is 0.489 e. The zero-order chi connectivity index (χ0) is 36.4. The van der Waals surface area contributed by atoms with Gasteiger partial charge in [0.05, 0.1) is 14.5 Å². The van der Waals surface area contributed by atoms with Crippen molar-refractivity contribution in [3.05, 3.63) is 159 Å². The molecule has 0 amide bonds. The van der Waals surface area contributed by atoms with Crippen molar-refractivity contribution in [1.29, 1.82) is 0 Å². The first-order chi connectivity index (χ1) is 25.8. The predicted octanol–water partition coefficient (Wildman–Crippen LogP) is 13.3. The third-order valence-corrected chi connectivity index (χ3v) is 12.6. The summed E-state index contributed by atoms with van der Waals surface area (Å²) in [6, 6.07) is 46.0. The number of halogens is 4. The van der Waals surface area contributed by atoms with Crippen molar-refractivity contribution in [3.63, 3.8) is 0 Å². The van der Waals surface area contributed by atoms with Crippen molar-refractivity contribution in [3.8, 4) is 22.3 Å². The summed E-state index contributed by atoms with van der Waals surface area (Å²) in [5.74, 6) is 0. The first-order valence-electron chi connectivity index (χ1n) is 16.7. The van der Waals surface area contributed by atoms with E-state index in [1.165, 1.54) is 27.5 Å². The van der Waals surface area contributed by atoms with E-state index in [2.05, 4.69) is 80.4 Å². The summed E-state index contributed by atoms with van der Waals surface area (Å²) in [6.07, 6.45) is 0. The second-order valence-electron chi connectivity index (χ2n) is 12.7. The van der Waals surface area contributed by atoms with Gasteiger partial charge in [-0.3, -0.25) is 0 Å². The molecule has 4 nitrogen and oxygen atoms in total. The molecule has 0 fully saturated rings. The van der Waals surface area contributed by atoms with E-state index in [0.717, 1.165) is 74.2 Å². The van der Waals surface area contributed by atoms with E-state index in [1.807, 2.05) is 84.9 Å². The molecule has 9 heteroatoms. The lowest BCUT2D eigenvalue weighted by atomic mass is 9.77. The van der Waals surface area contributed by atoms with Gasteiger partial charge in [-0.25, -0.2) is 0 Å². The van der Waals surface area contributed by atoms with E-state index in [-0.39, 0.29) is 0 Å². The van der Waals surface area contributed by atoms with E-state index in [0.29, 0.717) is 10.5 Å². The van der Waals surface area contributed by atoms with Crippen LogP contribution in [0.15, 0.2) is 157 Å². The van der Waals surface area contributed by atoms with Crippen molar-refractivity contribution in [2.45, 2.75) is 0 Å². The summed E-state index contributed by atoms with van der Waals surface area (Å²) in [4.78, 5) is 0. The molecular weight excluding hydrogens is 834 g/mol. The molecule has 0 spiro atoms. The van der Waals surface area contributed by atoms with Crippen LogP contribution in [0.3, 0.4) is 0 Å². The predicted molar refractivity (Wildman–Crippen MR) is 229 cm³/mol. The van der Waals surface area contributed by atoms with Gasteiger partial charge in [0.1, 0.15) is 22.3 Å². The molecule has 0 unspecified atom stereocenters. The number of para-hydroxylation sites is 2. The van der Waals surface area contributed by atoms with Crippen LogP contribution in [0.25, 0.3) is 87.7 Å². The summed E-state index contributed by atoms with van der Waals surface area (Å²) in [5, 5.41) is 28.1. The minimum absolute atomic E-state index is 0.554. The molecule has 53 heavy (non-hydrogen) atoms. The van der Waals surface area contributed by atoms with Crippen LogP contribution in [0.4, 0.5) is 0 Å². The highest BCUT2D eigenvalue weighted by Crippen LogP contribution is 2.53. The van der Waals surface area contributed by atoms with Crippen molar-refractivity contribution in [2.75, 3.05) is 0 Å². The van der Waals surface area contributed by atoms with Gasteiger partial charge in [0, 0.05) is 31.6 Å². The summed E-state index contributed by atoms with van der Waals surface area (Å²) in [5.41, 5.74) is 8.68. The maximum absolute atomic E-state index is 9.08. The Hall–Kier alpha value is -4.60. The molecule has 2 aromatic heterocycles. The van der Waals surface area contributed by atoms with Gasteiger partial charge in [0.15, 0.2) is 0 Å². The van der Waals surface area contributed by atoms with Crippen LogP contribution in [0, 0.1) is 0 Å². The van der Waals surface area contributed by atoms with Gasteiger partial charge in [0.2, 0.25) is 0 Å². The zero-order valence-corrected chi connectivity index (χ0v) is 32.3. The van der Waals surface area contributed by atoms with Gasteiger partial charge in [-0.15, -0.1) is 0 Å². The third kappa shape index (κ3) is 5.75. The first kappa shape index (κ1) is 34.2. The third-order valence-electron chi connectivity index (χ3n) is 9.67. The number of fused-ring (bicyclic) bond motifs is 10. The highest BCUT2D eigenvalue weighted by atomic mass is 79.9. The Morgan fingerprint density at radius 3 is 1.68 bits per heavy atom. The lowest BCUT2D eigenvalue weighted by molar-refractivity contribution is 0.426. The SMILES string of the molecule is Clc1c(Br)c(Br)cc2oc3ccccc3c12.Clc1c2c(cc3oc4ccccc4c13)-c1cccc3cccc-2c13.OB(O)c1cccc2ccccc12. The van der Waals surface area contributed by atoms with Crippen LogP contribution in [-0.4, -0.2) is 17.2 Å². The van der Waals surface area contributed by atoms with E-state index >= 15 is 0 Å². The van der Waals surface area contributed by atoms with Crippen molar-refractivity contribution in [2.24, 2.45) is 0 Å². The molecule has 0 saturated heterocycles. The molecule has 10 aromatic rings. The van der Waals surface area contributed by atoms with E-state index in [9.17, 15) is 0 Å². The lowest BCUT2D eigenvalue weighted by Crippen LogP contribution is -2.30. The number of rotatable bonds is 1. The number of benzene rings is 8. The Balaban J connectivity index is 0.000000112. The molecule has 0 radical (unpaired) electrons. The highest BCUT2D eigenvalue weighted by molar-refractivity contribution is 9.13. The zero-order valence-electron chi connectivity index (χ0n) is 27.6. The minimum atomic E-state index is -1.40. The smallest absolute Gasteiger partial charge is 0.456 e. The van der Waals surface area contributed by atoms with Gasteiger partial charge in [-0.1, -0.05) is 138 Å². The van der Waals surface area contributed by atoms with Gasteiger partial charge in [-0.05, 0) is 99.8 Å². The van der Waals surface area contributed by atoms with Gasteiger partial charge in [0.25, 0.3) is 0 Å². The fraction of sp³-hybridized carbons (Fsp3) is 0. The van der Waals surface area contributed by atoms with Gasteiger partial charge >= 0.3 is 7.12 Å². The van der Waals surface area contributed by atoms with E-state index in [4.69, 9.17) is 42.1 Å². The molecular formula is C44H25BBr2Cl2O4. The quantitative estimate of drug-likeness (QED) is 0.127. The number of hydrogen-bond donors (Lipinski definition) is 2. The Kier molecular flexibility index (Phi) is 8.82. The van der Waals surface area contributed by atoms with E-state index in [1.54, 1.807) is 6.07 Å². The van der Waals surface area contributed by atoms with E-state index < -0.39 is 7.12 Å². The van der Waals surface area contributed by atoms with Gasteiger partial charge in [-0.2, -0.15) is 0 Å². The van der Waals surface area contributed by atoms with Crippen molar-refractivity contribution >= 4 is 133 Å². The lowest BCUT2D eigenvalue weighted by Gasteiger charge is -2.06. The molecule has 8 aromatic carbocycles. The normalized spacial score (nSPS) is 11.6. The molecule has 0 bridgehead atoms. The van der Waals surface area contributed by atoms with Crippen LogP contribution in [0.5, 0.6) is 0 Å². The second-order valence-corrected chi connectivity index (χ2v) is 15.1. The summed E-state index contributed by atoms with van der Waals surface area (Å²) in [7, 11) is -1.40.